The number of benzene rings is 1. The average Bonchev–Trinajstić information content (AvgIpc) is 3.24. The van der Waals surface area contributed by atoms with E-state index in [0.717, 1.165) is 18.4 Å². The standard InChI is InChI=1S/C17H21N3O2/c21-15(12-6-4-5-7-12)11-18-17(22)14-10-19-20-16(14)13-8-2-1-3-9-13/h1-3,8-10,12,15,21H,4-7,11H2,(H,18,22)(H,19,20). The molecule has 1 aromatic carbocycles. The summed E-state index contributed by atoms with van der Waals surface area (Å²) in [6.45, 7) is 0.295. The first-order chi connectivity index (χ1) is 10.8. The number of H-pyrrole nitrogens is 1. The molecule has 1 saturated carbocycles. The van der Waals surface area contributed by atoms with Crippen LogP contribution in [0.25, 0.3) is 11.3 Å². The van der Waals surface area contributed by atoms with E-state index in [4.69, 9.17) is 0 Å². The Hall–Kier alpha value is -2.14. The molecular weight excluding hydrogens is 278 g/mol. The molecule has 0 spiro atoms. The molecule has 5 nitrogen and oxygen atoms in total. The van der Waals surface area contributed by atoms with Gasteiger partial charge in [-0.05, 0) is 18.8 Å². The van der Waals surface area contributed by atoms with Gasteiger partial charge in [0, 0.05) is 12.1 Å². The zero-order chi connectivity index (χ0) is 15.4. The van der Waals surface area contributed by atoms with E-state index in [1.807, 2.05) is 30.3 Å². The Balaban J connectivity index is 1.64. The third-order valence-corrected chi connectivity index (χ3v) is 4.36. The van der Waals surface area contributed by atoms with Crippen LogP contribution in [0.15, 0.2) is 36.5 Å². The number of nitrogens with one attached hydrogen (secondary N) is 2. The molecule has 3 N–H and O–H groups in total. The van der Waals surface area contributed by atoms with Crippen LogP contribution in [-0.2, 0) is 0 Å². The van der Waals surface area contributed by atoms with Crippen LogP contribution in [0.2, 0.25) is 0 Å². The van der Waals surface area contributed by atoms with Crippen LogP contribution in [0.5, 0.6) is 0 Å². The second-order valence-corrected chi connectivity index (χ2v) is 5.85. The van der Waals surface area contributed by atoms with Gasteiger partial charge < -0.3 is 10.4 Å². The number of aromatic amines is 1. The minimum atomic E-state index is -0.460. The molecule has 2 aromatic rings. The Labute approximate surface area is 129 Å². The van der Waals surface area contributed by atoms with Crippen LogP contribution in [0.3, 0.4) is 0 Å². The van der Waals surface area contributed by atoms with Crippen molar-refractivity contribution in [2.45, 2.75) is 31.8 Å². The van der Waals surface area contributed by atoms with Gasteiger partial charge in [-0.3, -0.25) is 9.89 Å². The van der Waals surface area contributed by atoms with Crippen LogP contribution in [-0.4, -0.2) is 33.9 Å². The summed E-state index contributed by atoms with van der Waals surface area (Å²) < 4.78 is 0. The SMILES string of the molecule is O=C(NCC(O)C1CCCC1)c1cn[nH]c1-c1ccccc1. The molecule has 0 saturated heterocycles. The fraction of sp³-hybridized carbons (Fsp3) is 0.412. The lowest BCUT2D eigenvalue weighted by Gasteiger charge is -2.18. The summed E-state index contributed by atoms with van der Waals surface area (Å²) in [5, 5.41) is 19.8. The largest absolute Gasteiger partial charge is 0.391 e. The Morgan fingerprint density at radius 3 is 2.77 bits per heavy atom. The molecule has 1 atom stereocenters. The van der Waals surface area contributed by atoms with Crippen molar-refractivity contribution in [2.75, 3.05) is 6.54 Å². The van der Waals surface area contributed by atoms with E-state index in [0.29, 0.717) is 23.7 Å². The Bertz CT molecular complexity index is 618. The van der Waals surface area contributed by atoms with E-state index in [2.05, 4.69) is 15.5 Å². The number of aromatic nitrogens is 2. The highest BCUT2D eigenvalue weighted by Crippen LogP contribution is 2.27. The van der Waals surface area contributed by atoms with Gasteiger partial charge in [0.05, 0.1) is 23.6 Å². The second-order valence-electron chi connectivity index (χ2n) is 5.85. The van der Waals surface area contributed by atoms with Crippen molar-refractivity contribution >= 4 is 5.91 Å². The fourth-order valence-corrected chi connectivity index (χ4v) is 3.08. The van der Waals surface area contributed by atoms with E-state index < -0.39 is 6.10 Å². The average molecular weight is 299 g/mol. The summed E-state index contributed by atoms with van der Waals surface area (Å²) in [6.07, 6.45) is 5.53. The summed E-state index contributed by atoms with van der Waals surface area (Å²) in [7, 11) is 0. The molecule has 22 heavy (non-hydrogen) atoms. The van der Waals surface area contributed by atoms with Gasteiger partial charge in [-0.15, -0.1) is 0 Å². The Morgan fingerprint density at radius 1 is 1.32 bits per heavy atom. The third kappa shape index (κ3) is 3.20. The molecule has 116 valence electrons. The summed E-state index contributed by atoms with van der Waals surface area (Å²) in [5.74, 6) is 0.114. The van der Waals surface area contributed by atoms with Crippen molar-refractivity contribution in [1.82, 2.24) is 15.5 Å². The molecule has 1 aromatic heterocycles. The van der Waals surface area contributed by atoms with Crippen LogP contribution in [0, 0.1) is 5.92 Å². The molecule has 1 heterocycles. The zero-order valence-electron chi connectivity index (χ0n) is 12.5. The highest BCUT2D eigenvalue weighted by molar-refractivity contribution is 5.99. The Morgan fingerprint density at radius 2 is 2.05 bits per heavy atom. The Kier molecular flexibility index (Phi) is 4.53. The van der Waals surface area contributed by atoms with Crippen molar-refractivity contribution in [3.8, 4) is 11.3 Å². The number of carbonyl (C=O) groups is 1. The first kappa shape index (κ1) is 14.8. The third-order valence-electron chi connectivity index (χ3n) is 4.36. The number of amides is 1. The molecule has 0 aliphatic heterocycles. The van der Waals surface area contributed by atoms with Crippen molar-refractivity contribution in [1.29, 1.82) is 0 Å². The quantitative estimate of drug-likeness (QED) is 0.793. The van der Waals surface area contributed by atoms with Gasteiger partial charge in [-0.1, -0.05) is 43.2 Å². The topological polar surface area (TPSA) is 78.0 Å². The van der Waals surface area contributed by atoms with Crippen molar-refractivity contribution in [2.24, 2.45) is 5.92 Å². The predicted octanol–water partition coefficient (Wildman–Crippen LogP) is 2.36. The smallest absolute Gasteiger partial charge is 0.255 e. The molecule has 1 aliphatic rings. The lowest BCUT2D eigenvalue weighted by atomic mass is 10.0. The predicted molar refractivity (Wildman–Crippen MR) is 84.3 cm³/mol. The fourth-order valence-electron chi connectivity index (χ4n) is 3.08. The van der Waals surface area contributed by atoms with Crippen molar-refractivity contribution in [3.63, 3.8) is 0 Å². The molecule has 5 heteroatoms. The monoisotopic (exact) mass is 299 g/mol. The minimum Gasteiger partial charge on any atom is -0.391 e. The van der Waals surface area contributed by atoms with Gasteiger partial charge in [0.2, 0.25) is 0 Å². The number of hydrogen-bond donors (Lipinski definition) is 3. The van der Waals surface area contributed by atoms with Gasteiger partial charge in [0.1, 0.15) is 0 Å². The summed E-state index contributed by atoms with van der Waals surface area (Å²) in [4.78, 5) is 12.3. The van der Waals surface area contributed by atoms with Crippen LogP contribution in [0.1, 0.15) is 36.0 Å². The number of aliphatic hydroxyl groups excluding tert-OH is 1. The molecule has 0 bridgehead atoms. The molecule has 1 unspecified atom stereocenters. The first-order valence-electron chi connectivity index (χ1n) is 7.81. The first-order valence-corrected chi connectivity index (χ1v) is 7.81. The minimum absolute atomic E-state index is 0.204. The van der Waals surface area contributed by atoms with Gasteiger partial charge in [-0.25, -0.2) is 0 Å². The number of hydrogen-bond acceptors (Lipinski definition) is 3. The van der Waals surface area contributed by atoms with Crippen molar-refractivity contribution in [3.05, 3.63) is 42.1 Å². The van der Waals surface area contributed by atoms with Crippen LogP contribution in [0.4, 0.5) is 0 Å². The number of rotatable bonds is 5. The van der Waals surface area contributed by atoms with E-state index >= 15 is 0 Å². The maximum absolute atomic E-state index is 12.3. The molecule has 1 aliphatic carbocycles. The molecular formula is C17H21N3O2. The normalized spacial score (nSPS) is 16.6. The van der Waals surface area contributed by atoms with Gasteiger partial charge in [0.15, 0.2) is 0 Å². The van der Waals surface area contributed by atoms with Crippen molar-refractivity contribution < 1.29 is 9.90 Å². The highest BCUT2D eigenvalue weighted by Gasteiger charge is 2.24. The van der Waals surface area contributed by atoms with E-state index in [1.54, 1.807) is 0 Å². The lowest BCUT2D eigenvalue weighted by molar-refractivity contribution is 0.0841. The number of nitrogens with zero attached hydrogens (tertiary/aromatic N) is 1. The number of carbonyl (C=O) groups excluding carboxylic acids is 1. The maximum atomic E-state index is 12.3. The molecule has 1 amide bonds. The molecule has 0 radical (unpaired) electrons. The summed E-state index contributed by atoms with van der Waals surface area (Å²) >= 11 is 0. The van der Waals surface area contributed by atoms with E-state index in [-0.39, 0.29) is 5.91 Å². The van der Waals surface area contributed by atoms with Crippen LogP contribution >= 0.6 is 0 Å². The van der Waals surface area contributed by atoms with E-state index in [1.165, 1.54) is 19.0 Å². The van der Waals surface area contributed by atoms with Gasteiger partial charge in [-0.2, -0.15) is 5.10 Å². The summed E-state index contributed by atoms with van der Waals surface area (Å²) in [6, 6.07) is 9.62. The number of aliphatic hydroxyl groups is 1. The zero-order valence-corrected chi connectivity index (χ0v) is 12.5. The lowest BCUT2D eigenvalue weighted by Crippen LogP contribution is -2.35. The van der Waals surface area contributed by atoms with Crippen LogP contribution < -0.4 is 5.32 Å². The van der Waals surface area contributed by atoms with Gasteiger partial charge >= 0.3 is 0 Å². The highest BCUT2D eigenvalue weighted by atomic mass is 16.3. The summed E-state index contributed by atoms with van der Waals surface area (Å²) in [5.41, 5.74) is 2.12. The van der Waals surface area contributed by atoms with Gasteiger partial charge in [0.25, 0.3) is 5.91 Å². The maximum Gasteiger partial charge on any atom is 0.255 e. The van der Waals surface area contributed by atoms with E-state index in [9.17, 15) is 9.90 Å². The molecule has 1 fully saturated rings. The molecule has 3 rings (SSSR count). The second kappa shape index (κ2) is 6.75.